The molecule has 0 rings (SSSR count). The van der Waals surface area contributed by atoms with Gasteiger partial charge in [-0.3, -0.25) is 0 Å². The van der Waals surface area contributed by atoms with Crippen molar-refractivity contribution in [3.05, 3.63) is 12.7 Å². The van der Waals surface area contributed by atoms with Crippen molar-refractivity contribution < 1.29 is 9.85 Å². The van der Waals surface area contributed by atoms with E-state index in [2.05, 4.69) is 6.58 Å². The molecule has 14 heavy (non-hydrogen) atoms. The molecule has 0 aliphatic heterocycles. The standard InChI is InChI=1S/C12H26NO/c1-4-5-6-7-8-9-10-11-12-13(2,3)14/h4,14H,1,5-12H2,2-3H3/q+1. The maximum Gasteiger partial charge on any atom is 0.108 e. The smallest absolute Gasteiger partial charge is 0.108 e. The molecule has 0 aromatic heterocycles. The molecular weight excluding hydrogens is 174 g/mol. The summed E-state index contributed by atoms with van der Waals surface area (Å²) in [4.78, 5) is 0. The Balaban J connectivity index is 3.03. The summed E-state index contributed by atoms with van der Waals surface area (Å²) in [5.41, 5.74) is 0. The Morgan fingerprint density at radius 1 is 1.00 bits per heavy atom. The van der Waals surface area contributed by atoms with E-state index in [0.717, 1.165) is 19.4 Å². The monoisotopic (exact) mass is 200 g/mol. The summed E-state index contributed by atoms with van der Waals surface area (Å²) in [6, 6.07) is 0. The van der Waals surface area contributed by atoms with Crippen LogP contribution in [0.15, 0.2) is 12.7 Å². The second-order valence-electron chi connectivity index (χ2n) is 4.54. The predicted octanol–water partition coefficient (Wildman–Crippen LogP) is 3.37. The molecule has 0 aliphatic rings. The first kappa shape index (κ1) is 13.7. The highest BCUT2D eigenvalue weighted by Crippen LogP contribution is 2.08. The zero-order valence-electron chi connectivity index (χ0n) is 9.84. The topological polar surface area (TPSA) is 20.2 Å². The van der Waals surface area contributed by atoms with E-state index in [0.29, 0.717) is 0 Å². The van der Waals surface area contributed by atoms with Crippen LogP contribution in [0.4, 0.5) is 0 Å². The molecule has 84 valence electrons. The van der Waals surface area contributed by atoms with Gasteiger partial charge in [-0.2, -0.15) is 4.65 Å². The molecule has 0 amide bonds. The molecule has 0 heterocycles. The average molecular weight is 200 g/mol. The minimum atomic E-state index is 0.108. The Morgan fingerprint density at radius 2 is 1.50 bits per heavy atom. The number of nitrogens with zero attached hydrogens (tertiary/aromatic N) is 1. The molecule has 0 fully saturated rings. The Bertz CT molecular complexity index is 138. The lowest BCUT2D eigenvalue weighted by molar-refractivity contribution is -1.07. The summed E-state index contributed by atoms with van der Waals surface area (Å²) in [7, 11) is 3.65. The third kappa shape index (κ3) is 11.7. The second kappa shape index (κ2) is 8.01. The Morgan fingerprint density at radius 3 is 2.00 bits per heavy atom. The van der Waals surface area contributed by atoms with E-state index in [9.17, 15) is 5.21 Å². The van der Waals surface area contributed by atoms with Gasteiger partial charge in [-0.15, -0.1) is 6.58 Å². The summed E-state index contributed by atoms with van der Waals surface area (Å²) in [5.74, 6) is 0. The third-order valence-corrected chi connectivity index (χ3v) is 2.36. The predicted molar refractivity (Wildman–Crippen MR) is 61.3 cm³/mol. The minimum absolute atomic E-state index is 0.108. The molecule has 0 aromatic rings. The van der Waals surface area contributed by atoms with Gasteiger partial charge in [-0.05, 0) is 25.7 Å². The second-order valence-corrected chi connectivity index (χ2v) is 4.54. The van der Waals surface area contributed by atoms with Crippen molar-refractivity contribution >= 4 is 0 Å². The van der Waals surface area contributed by atoms with Gasteiger partial charge in [-0.25, -0.2) is 5.21 Å². The quantitative estimate of drug-likeness (QED) is 0.262. The average Bonchev–Trinajstić information content (AvgIpc) is 2.08. The first-order valence-electron chi connectivity index (χ1n) is 5.73. The fraction of sp³-hybridized carbons (Fsp3) is 0.833. The summed E-state index contributed by atoms with van der Waals surface area (Å²) in [5, 5.41) is 9.42. The van der Waals surface area contributed by atoms with E-state index in [4.69, 9.17) is 0 Å². The van der Waals surface area contributed by atoms with Crippen molar-refractivity contribution in [2.45, 2.75) is 44.9 Å². The summed E-state index contributed by atoms with van der Waals surface area (Å²) < 4.78 is 0.108. The molecule has 0 spiro atoms. The van der Waals surface area contributed by atoms with Crippen LogP contribution in [0, 0.1) is 0 Å². The van der Waals surface area contributed by atoms with Crippen molar-refractivity contribution in [3.63, 3.8) is 0 Å². The third-order valence-electron chi connectivity index (χ3n) is 2.36. The van der Waals surface area contributed by atoms with Crippen LogP contribution in [0.3, 0.4) is 0 Å². The molecule has 0 atom stereocenters. The zero-order valence-corrected chi connectivity index (χ0v) is 9.84. The molecule has 0 unspecified atom stereocenters. The van der Waals surface area contributed by atoms with E-state index in [1.807, 2.05) is 20.2 Å². The molecular formula is C12H26NO+. The molecule has 0 saturated heterocycles. The van der Waals surface area contributed by atoms with Gasteiger partial charge >= 0.3 is 0 Å². The molecule has 0 saturated carbocycles. The Kier molecular flexibility index (Phi) is 7.81. The van der Waals surface area contributed by atoms with Crippen LogP contribution in [0.2, 0.25) is 0 Å². The lowest BCUT2D eigenvalue weighted by Gasteiger charge is -2.18. The van der Waals surface area contributed by atoms with Gasteiger partial charge < -0.3 is 0 Å². The highest BCUT2D eigenvalue weighted by molar-refractivity contribution is 4.65. The maximum absolute atomic E-state index is 9.42. The van der Waals surface area contributed by atoms with Crippen LogP contribution in [0.25, 0.3) is 0 Å². The van der Waals surface area contributed by atoms with Crippen LogP contribution in [0.5, 0.6) is 0 Å². The van der Waals surface area contributed by atoms with Crippen LogP contribution < -0.4 is 0 Å². The minimum Gasteiger partial charge on any atom is -0.217 e. The van der Waals surface area contributed by atoms with Crippen LogP contribution in [-0.4, -0.2) is 30.5 Å². The normalized spacial score (nSPS) is 11.6. The summed E-state index contributed by atoms with van der Waals surface area (Å²) in [6.45, 7) is 4.57. The van der Waals surface area contributed by atoms with Gasteiger partial charge in [0.05, 0.1) is 14.1 Å². The largest absolute Gasteiger partial charge is 0.217 e. The van der Waals surface area contributed by atoms with E-state index in [1.54, 1.807) is 0 Å². The van der Waals surface area contributed by atoms with Crippen molar-refractivity contribution in [2.24, 2.45) is 0 Å². The maximum atomic E-state index is 9.42. The molecule has 1 N–H and O–H groups in total. The number of unbranched alkanes of at least 4 members (excludes halogenated alkanes) is 6. The fourth-order valence-electron chi connectivity index (χ4n) is 1.49. The molecule has 2 heteroatoms. The van der Waals surface area contributed by atoms with Crippen molar-refractivity contribution in [2.75, 3.05) is 20.6 Å². The van der Waals surface area contributed by atoms with Crippen molar-refractivity contribution in [3.8, 4) is 0 Å². The van der Waals surface area contributed by atoms with Crippen LogP contribution in [-0.2, 0) is 0 Å². The number of hydrogen-bond donors (Lipinski definition) is 1. The van der Waals surface area contributed by atoms with E-state index >= 15 is 0 Å². The molecule has 0 bridgehead atoms. The molecule has 0 radical (unpaired) electrons. The number of allylic oxidation sites excluding steroid dienone is 1. The van der Waals surface area contributed by atoms with Crippen molar-refractivity contribution in [1.82, 2.24) is 0 Å². The van der Waals surface area contributed by atoms with Gasteiger partial charge in [0, 0.05) is 0 Å². The van der Waals surface area contributed by atoms with E-state index in [-0.39, 0.29) is 4.65 Å². The molecule has 0 aromatic carbocycles. The molecule has 2 nitrogen and oxygen atoms in total. The van der Waals surface area contributed by atoms with Crippen LogP contribution >= 0.6 is 0 Å². The van der Waals surface area contributed by atoms with Crippen molar-refractivity contribution in [1.29, 1.82) is 0 Å². The van der Waals surface area contributed by atoms with Gasteiger partial charge in [0.15, 0.2) is 0 Å². The first-order valence-corrected chi connectivity index (χ1v) is 5.73. The lowest BCUT2D eigenvalue weighted by atomic mass is 10.1. The highest BCUT2D eigenvalue weighted by atomic mass is 16.5. The Labute approximate surface area is 88.8 Å². The zero-order chi connectivity index (χ0) is 10.9. The summed E-state index contributed by atoms with van der Waals surface area (Å²) in [6.07, 6.45) is 10.8. The first-order chi connectivity index (χ1) is 6.56. The van der Waals surface area contributed by atoms with E-state index < -0.39 is 0 Å². The Hall–Kier alpha value is -0.340. The van der Waals surface area contributed by atoms with Gasteiger partial charge in [0.1, 0.15) is 6.54 Å². The molecule has 0 aliphatic carbocycles. The summed E-state index contributed by atoms with van der Waals surface area (Å²) >= 11 is 0. The van der Waals surface area contributed by atoms with Gasteiger partial charge in [0.2, 0.25) is 0 Å². The van der Waals surface area contributed by atoms with Crippen LogP contribution in [0.1, 0.15) is 44.9 Å². The number of rotatable bonds is 9. The highest BCUT2D eigenvalue weighted by Gasteiger charge is 2.08. The fourth-order valence-corrected chi connectivity index (χ4v) is 1.49. The number of hydrogen-bond acceptors (Lipinski definition) is 1. The van der Waals surface area contributed by atoms with Gasteiger partial charge in [0.25, 0.3) is 0 Å². The number of quaternary nitrogens is 1. The lowest BCUT2D eigenvalue weighted by Crippen LogP contribution is -2.36. The van der Waals surface area contributed by atoms with E-state index in [1.165, 1.54) is 32.1 Å². The van der Waals surface area contributed by atoms with Gasteiger partial charge in [-0.1, -0.05) is 25.3 Å². The number of hydroxylamine groups is 3. The SMILES string of the molecule is C=CCCCCCCCC[N+](C)(C)O.